The molecule has 0 heteroatoms. The van der Waals surface area contributed by atoms with Crippen LogP contribution in [0.2, 0.25) is 0 Å². The molecule has 7 rings (SSSR count). The van der Waals surface area contributed by atoms with Crippen LogP contribution in [0.15, 0.2) is 103 Å². The van der Waals surface area contributed by atoms with E-state index < -0.39 is 0 Å². The van der Waals surface area contributed by atoms with Crippen molar-refractivity contribution in [1.82, 2.24) is 0 Å². The zero-order chi connectivity index (χ0) is 23.5. The Balaban J connectivity index is 1.58. The average molecular weight is 447 g/mol. The standard InChI is InChI=1S/C35H26/c1-22-18-23(2)20-27(19-22)35-32-11-5-3-9-30(32)34(31-10-4-6-12-33(31)35)26-16-17-29-25(21-26)15-14-24-8-7-13-28(24)29/h3-12,14-21H,13H2,1-2H3. The van der Waals surface area contributed by atoms with Gasteiger partial charge in [0.25, 0.3) is 0 Å². The summed E-state index contributed by atoms with van der Waals surface area (Å²) in [5.41, 5.74) is 10.6. The van der Waals surface area contributed by atoms with E-state index in [1.807, 2.05) is 0 Å². The topological polar surface area (TPSA) is 0 Å². The fraction of sp³-hybridized carbons (Fsp3) is 0.0857. The van der Waals surface area contributed by atoms with Gasteiger partial charge in [-0.25, -0.2) is 0 Å². The van der Waals surface area contributed by atoms with Crippen LogP contribution in [0.3, 0.4) is 0 Å². The van der Waals surface area contributed by atoms with E-state index in [-0.39, 0.29) is 0 Å². The molecule has 6 aromatic carbocycles. The summed E-state index contributed by atoms with van der Waals surface area (Å²) in [5.74, 6) is 0. The second-order valence-corrected chi connectivity index (χ2v) is 9.89. The second-order valence-electron chi connectivity index (χ2n) is 9.89. The van der Waals surface area contributed by atoms with Crippen molar-refractivity contribution < 1.29 is 0 Å². The Kier molecular flexibility index (Phi) is 4.44. The summed E-state index contributed by atoms with van der Waals surface area (Å²) >= 11 is 0. The van der Waals surface area contributed by atoms with E-state index in [2.05, 4.69) is 123 Å². The molecule has 0 spiro atoms. The molecule has 0 bridgehead atoms. The summed E-state index contributed by atoms with van der Waals surface area (Å²) in [6, 6.07) is 36.3. The van der Waals surface area contributed by atoms with Crippen LogP contribution in [0.25, 0.3) is 60.6 Å². The Morgan fingerprint density at radius 2 is 1.11 bits per heavy atom. The molecule has 0 atom stereocenters. The van der Waals surface area contributed by atoms with Crippen LogP contribution in [0.4, 0.5) is 0 Å². The highest BCUT2D eigenvalue weighted by Gasteiger charge is 2.17. The lowest BCUT2D eigenvalue weighted by molar-refractivity contribution is 1.35. The number of rotatable bonds is 2. The first-order chi connectivity index (χ1) is 17.2. The molecule has 6 aromatic rings. The molecule has 1 aliphatic rings. The Labute approximate surface area is 206 Å². The predicted molar refractivity (Wildman–Crippen MR) is 152 cm³/mol. The van der Waals surface area contributed by atoms with Crippen LogP contribution >= 0.6 is 0 Å². The predicted octanol–water partition coefficient (Wildman–Crippen LogP) is 9.67. The average Bonchev–Trinajstić information content (AvgIpc) is 3.35. The SMILES string of the molecule is Cc1cc(C)cc(-c2c3ccccc3c(-c3ccc4c5c(ccc4c3)C=CC5)c3ccccc23)c1. The summed E-state index contributed by atoms with van der Waals surface area (Å²) in [5, 5.41) is 7.92. The highest BCUT2D eigenvalue weighted by molar-refractivity contribution is 6.21. The first kappa shape index (κ1) is 20.2. The van der Waals surface area contributed by atoms with Crippen molar-refractivity contribution in [1.29, 1.82) is 0 Å². The Bertz CT molecular complexity index is 1750. The largest absolute Gasteiger partial charge is 0.0795 e. The van der Waals surface area contributed by atoms with Gasteiger partial charge in [-0.1, -0.05) is 114 Å². The van der Waals surface area contributed by atoms with E-state index in [4.69, 9.17) is 0 Å². The van der Waals surface area contributed by atoms with Crippen LogP contribution in [0.1, 0.15) is 22.3 Å². The molecule has 0 radical (unpaired) electrons. The molecule has 0 aliphatic heterocycles. The monoisotopic (exact) mass is 446 g/mol. The van der Waals surface area contributed by atoms with Gasteiger partial charge in [0.15, 0.2) is 0 Å². The Hall–Kier alpha value is -4.16. The molecule has 0 N–H and O–H groups in total. The molecule has 0 saturated carbocycles. The number of benzene rings is 6. The third kappa shape index (κ3) is 3.14. The van der Waals surface area contributed by atoms with Crippen LogP contribution in [-0.2, 0) is 6.42 Å². The highest BCUT2D eigenvalue weighted by atomic mass is 14.2. The zero-order valence-electron chi connectivity index (χ0n) is 20.1. The second kappa shape index (κ2) is 7.68. The molecule has 0 saturated heterocycles. The van der Waals surface area contributed by atoms with Gasteiger partial charge in [0.05, 0.1) is 0 Å². The molecule has 0 heterocycles. The van der Waals surface area contributed by atoms with Gasteiger partial charge in [-0.2, -0.15) is 0 Å². The molecule has 35 heavy (non-hydrogen) atoms. The van der Waals surface area contributed by atoms with Gasteiger partial charge in [0.1, 0.15) is 0 Å². The molecule has 0 aromatic heterocycles. The molecule has 1 aliphatic carbocycles. The normalized spacial score (nSPS) is 12.6. The number of hydrogen-bond acceptors (Lipinski definition) is 0. The van der Waals surface area contributed by atoms with Crippen molar-refractivity contribution in [2.24, 2.45) is 0 Å². The van der Waals surface area contributed by atoms with Crippen molar-refractivity contribution in [3.63, 3.8) is 0 Å². The molecule has 0 fully saturated rings. The Morgan fingerprint density at radius 3 is 1.74 bits per heavy atom. The summed E-state index contributed by atoms with van der Waals surface area (Å²) in [4.78, 5) is 0. The van der Waals surface area contributed by atoms with Gasteiger partial charge in [0, 0.05) is 0 Å². The van der Waals surface area contributed by atoms with E-state index in [9.17, 15) is 0 Å². The molecular formula is C35H26. The maximum atomic E-state index is 2.39. The fourth-order valence-corrected chi connectivity index (χ4v) is 6.12. The molecule has 0 amide bonds. The van der Waals surface area contributed by atoms with E-state index in [1.54, 1.807) is 0 Å². The van der Waals surface area contributed by atoms with Gasteiger partial charge in [-0.05, 0) is 92.0 Å². The lowest BCUT2D eigenvalue weighted by Gasteiger charge is -2.19. The molecule has 0 nitrogen and oxygen atoms in total. The first-order valence-corrected chi connectivity index (χ1v) is 12.4. The summed E-state index contributed by atoms with van der Waals surface area (Å²) in [6.07, 6.45) is 5.54. The maximum absolute atomic E-state index is 2.39. The van der Waals surface area contributed by atoms with Gasteiger partial charge in [-0.15, -0.1) is 0 Å². The third-order valence-electron chi connectivity index (χ3n) is 7.52. The van der Waals surface area contributed by atoms with E-state index in [0.29, 0.717) is 0 Å². The van der Waals surface area contributed by atoms with E-state index in [1.165, 1.54) is 76.8 Å². The molecular weight excluding hydrogens is 420 g/mol. The first-order valence-electron chi connectivity index (χ1n) is 12.4. The number of hydrogen-bond donors (Lipinski definition) is 0. The minimum Gasteiger partial charge on any atom is -0.0795 e. The smallest absolute Gasteiger partial charge is 0.00262 e. The van der Waals surface area contributed by atoms with Crippen LogP contribution < -0.4 is 0 Å². The van der Waals surface area contributed by atoms with Gasteiger partial charge >= 0.3 is 0 Å². The van der Waals surface area contributed by atoms with Gasteiger partial charge in [-0.3, -0.25) is 0 Å². The van der Waals surface area contributed by atoms with Crippen molar-refractivity contribution in [3.8, 4) is 22.3 Å². The molecule has 0 unspecified atom stereocenters. The maximum Gasteiger partial charge on any atom is -0.00262 e. The van der Waals surface area contributed by atoms with Gasteiger partial charge in [0.2, 0.25) is 0 Å². The van der Waals surface area contributed by atoms with Crippen molar-refractivity contribution in [2.45, 2.75) is 20.3 Å². The quantitative estimate of drug-likeness (QED) is 0.232. The van der Waals surface area contributed by atoms with Crippen molar-refractivity contribution >= 4 is 38.4 Å². The number of aryl methyl sites for hydroxylation is 2. The lowest BCUT2D eigenvalue weighted by atomic mass is 9.85. The lowest BCUT2D eigenvalue weighted by Crippen LogP contribution is -1.92. The summed E-state index contributed by atoms with van der Waals surface area (Å²) in [7, 11) is 0. The third-order valence-corrected chi connectivity index (χ3v) is 7.52. The number of fused-ring (bicyclic) bond motifs is 5. The fourth-order valence-electron chi connectivity index (χ4n) is 6.12. The Morgan fingerprint density at radius 1 is 0.514 bits per heavy atom. The molecule has 166 valence electrons. The van der Waals surface area contributed by atoms with Crippen LogP contribution in [0, 0.1) is 13.8 Å². The van der Waals surface area contributed by atoms with Crippen LogP contribution in [-0.4, -0.2) is 0 Å². The zero-order valence-corrected chi connectivity index (χ0v) is 20.1. The summed E-state index contributed by atoms with van der Waals surface area (Å²) in [6.45, 7) is 4.38. The van der Waals surface area contributed by atoms with Crippen molar-refractivity contribution in [2.75, 3.05) is 0 Å². The minimum atomic E-state index is 1.03. The minimum absolute atomic E-state index is 1.03. The van der Waals surface area contributed by atoms with Crippen LogP contribution in [0.5, 0.6) is 0 Å². The summed E-state index contributed by atoms with van der Waals surface area (Å²) < 4.78 is 0. The van der Waals surface area contributed by atoms with Crippen molar-refractivity contribution in [3.05, 3.63) is 125 Å². The number of allylic oxidation sites excluding steroid dienone is 1. The van der Waals surface area contributed by atoms with E-state index in [0.717, 1.165) is 6.42 Å². The highest BCUT2D eigenvalue weighted by Crippen LogP contribution is 2.44. The van der Waals surface area contributed by atoms with Gasteiger partial charge < -0.3 is 0 Å². The van der Waals surface area contributed by atoms with E-state index >= 15 is 0 Å².